The Kier molecular flexibility index (Phi) is 3.72. The first-order chi connectivity index (χ1) is 12.2. The van der Waals surface area contributed by atoms with Crippen molar-refractivity contribution in [1.82, 2.24) is 4.90 Å². The zero-order chi connectivity index (χ0) is 18.6. The van der Waals surface area contributed by atoms with Gasteiger partial charge in [-0.05, 0) is 49.8 Å². The molecule has 136 valence electrons. The number of rotatable bonds is 2. The van der Waals surface area contributed by atoms with Gasteiger partial charge in [0.25, 0.3) is 5.91 Å². The third-order valence-electron chi connectivity index (χ3n) is 5.33. The van der Waals surface area contributed by atoms with Crippen LogP contribution in [-0.2, 0) is 4.74 Å². The second-order valence-corrected chi connectivity index (χ2v) is 8.32. The molecular formula is C21H24N2O3. The average Bonchev–Trinajstić information content (AvgIpc) is 2.82. The van der Waals surface area contributed by atoms with Gasteiger partial charge >= 0.3 is 6.09 Å². The summed E-state index contributed by atoms with van der Waals surface area (Å²) in [6.07, 6.45) is -0.240. The van der Waals surface area contributed by atoms with Crippen LogP contribution in [-0.4, -0.2) is 35.6 Å². The van der Waals surface area contributed by atoms with Gasteiger partial charge in [-0.1, -0.05) is 25.1 Å². The largest absolute Gasteiger partial charge is 0.444 e. The van der Waals surface area contributed by atoms with Crippen molar-refractivity contribution in [3.05, 3.63) is 41.5 Å². The van der Waals surface area contributed by atoms with E-state index in [0.717, 1.165) is 22.0 Å². The smallest absolute Gasteiger partial charge is 0.410 e. The van der Waals surface area contributed by atoms with Crippen LogP contribution in [0.4, 0.5) is 10.5 Å². The Morgan fingerprint density at radius 2 is 1.96 bits per heavy atom. The number of hydrogen-bond acceptors (Lipinski definition) is 3. The summed E-state index contributed by atoms with van der Waals surface area (Å²) in [5.41, 5.74) is 2.40. The molecule has 2 aliphatic rings. The molecule has 2 aliphatic heterocycles. The van der Waals surface area contributed by atoms with Crippen molar-refractivity contribution in [2.45, 2.75) is 39.2 Å². The maximum atomic E-state index is 12.1. The van der Waals surface area contributed by atoms with Crippen LogP contribution < -0.4 is 5.32 Å². The molecule has 4 rings (SSSR count). The van der Waals surface area contributed by atoms with Crippen molar-refractivity contribution in [1.29, 1.82) is 0 Å². The lowest BCUT2D eigenvalue weighted by atomic mass is 9.80. The Morgan fingerprint density at radius 1 is 1.23 bits per heavy atom. The lowest BCUT2D eigenvalue weighted by Gasteiger charge is -2.43. The number of hydrogen-bond donors (Lipinski definition) is 1. The molecule has 1 atom stereocenters. The monoisotopic (exact) mass is 352 g/mol. The van der Waals surface area contributed by atoms with Gasteiger partial charge in [0, 0.05) is 35.6 Å². The number of likely N-dealkylation sites (tertiary alicyclic amines) is 1. The Morgan fingerprint density at radius 3 is 2.65 bits per heavy atom. The summed E-state index contributed by atoms with van der Waals surface area (Å²) >= 11 is 0. The van der Waals surface area contributed by atoms with Crippen molar-refractivity contribution >= 4 is 28.5 Å². The van der Waals surface area contributed by atoms with E-state index in [2.05, 4.69) is 24.4 Å². The summed E-state index contributed by atoms with van der Waals surface area (Å²) in [5, 5.41) is 5.07. The van der Waals surface area contributed by atoms with Gasteiger partial charge in [0.2, 0.25) is 0 Å². The van der Waals surface area contributed by atoms with E-state index >= 15 is 0 Å². The van der Waals surface area contributed by atoms with E-state index in [9.17, 15) is 9.59 Å². The summed E-state index contributed by atoms with van der Waals surface area (Å²) < 4.78 is 5.44. The minimum atomic E-state index is -0.467. The van der Waals surface area contributed by atoms with E-state index in [1.54, 1.807) is 4.90 Å². The number of nitrogens with one attached hydrogen (secondary N) is 1. The van der Waals surface area contributed by atoms with Crippen LogP contribution in [0, 0.1) is 5.92 Å². The van der Waals surface area contributed by atoms with Crippen LogP contribution in [0.1, 0.15) is 49.5 Å². The molecule has 0 aliphatic carbocycles. The maximum Gasteiger partial charge on any atom is 0.410 e. The number of benzene rings is 2. The quantitative estimate of drug-likeness (QED) is 0.873. The summed E-state index contributed by atoms with van der Waals surface area (Å²) in [6, 6.07) is 9.99. The molecule has 0 radical (unpaired) electrons. The second-order valence-electron chi connectivity index (χ2n) is 8.32. The molecule has 2 aromatic rings. The first-order valence-electron chi connectivity index (χ1n) is 9.09. The average molecular weight is 352 g/mol. The molecule has 0 bridgehead atoms. The molecular weight excluding hydrogens is 328 g/mol. The molecule has 5 nitrogen and oxygen atoms in total. The van der Waals surface area contributed by atoms with Gasteiger partial charge in [0.05, 0.1) is 0 Å². The van der Waals surface area contributed by atoms with Crippen molar-refractivity contribution in [3.63, 3.8) is 0 Å². The Balaban J connectivity index is 1.54. The van der Waals surface area contributed by atoms with Crippen LogP contribution in [0.3, 0.4) is 0 Å². The summed E-state index contributed by atoms with van der Waals surface area (Å²) in [4.78, 5) is 26.0. The van der Waals surface area contributed by atoms with Gasteiger partial charge in [-0.3, -0.25) is 4.79 Å². The highest BCUT2D eigenvalue weighted by Crippen LogP contribution is 2.40. The van der Waals surface area contributed by atoms with Crippen molar-refractivity contribution in [2.75, 3.05) is 18.4 Å². The maximum absolute atomic E-state index is 12.1. The molecule has 1 unspecified atom stereocenters. The molecule has 2 heterocycles. The Labute approximate surface area is 153 Å². The van der Waals surface area contributed by atoms with E-state index in [0.29, 0.717) is 24.9 Å². The molecule has 1 fully saturated rings. The standard InChI is InChI=1S/C21H24N2O3/c1-12(13-10-23(11-13)20(25)26-21(2,3)4)14-8-9-16-18-15(14)6-5-7-17(18)22-19(16)24/h5-9,12-13H,10-11H2,1-4H3,(H,22,24). The SMILES string of the molecule is CC(c1ccc2c3c(cccc13)NC2=O)C1CN(C(=O)OC(C)(C)C)C1. The molecule has 2 aromatic carbocycles. The summed E-state index contributed by atoms with van der Waals surface area (Å²) in [6.45, 7) is 9.25. The van der Waals surface area contributed by atoms with Crippen LogP contribution >= 0.6 is 0 Å². The topological polar surface area (TPSA) is 58.6 Å². The van der Waals surface area contributed by atoms with E-state index in [1.807, 2.05) is 39.0 Å². The van der Waals surface area contributed by atoms with Crippen molar-refractivity contribution in [3.8, 4) is 0 Å². The van der Waals surface area contributed by atoms with Crippen molar-refractivity contribution < 1.29 is 14.3 Å². The first kappa shape index (κ1) is 16.9. The van der Waals surface area contributed by atoms with Gasteiger partial charge < -0.3 is 15.0 Å². The van der Waals surface area contributed by atoms with E-state index < -0.39 is 5.60 Å². The number of anilines is 1. The predicted octanol–water partition coefficient (Wildman–Crippen LogP) is 4.38. The molecule has 2 amide bonds. The zero-order valence-corrected chi connectivity index (χ0v) is 15.6. The normalized spacial score (nSPS) is 17.8. The number of ether oxygens (including phenoxy) is 1. The molecule has 0 saturated carbocycles. The Hall–Kier alpha value is -2.56. The predicted molar refractivity (Wildman–Crippen MR) is 102 cm³/mol. The molecule has 0 spiro atoms. The fourth-order valence-electron chi connectivity index (χ4n) is 3.87. The van der Waals surface area contributed by atoms with Crippen LogP contribution in [0.15, 0.2) is 30.3 Å². The molecule has 1 N–H and O–H groups in total. The van der Waals surface area contributed by atoms with Gasteiger partial charge in [0.15, 0.2) is 0 Å². The van der Waals surface area contributed by atoms with E-state index in [1.165, 1.54) is 5.56 Å². The van der Waals surface area contributed by atoms with Gasteiger partial charge in [-0.2, -0.15) is 0 Å². The summed E-state index contributed by atoms with van der Waals surface area (Å²) in [5.74, 6) is 0.661. The molecule has 5 heteroatoms. The van der Waals surface area contributed by atoms with Crippen LogP contribution in [0.2, 0.25) is 0 Å². The number of amides is 2. The third kappa shape index (κ3) is 2.71. The van der Waals surface area contributed by atoms with Crippen LogP contribution in [0.25, 0.3) is 10.8 Å². The minimum Gasteiger partial charge on any atom is -0.444 e. The van der Waals surface area contributed by atoms with Crippen LogP contribution in [0.5, 0.6) is 0 Å². The number of carbonyl (C=O) groups is 2. The highest BCUT2D eigenvalue weighted by atomic mass is 16.6. The van der Waals surface area contributed by atoms with Crippen molar-refractivity contribution in [2.24, 2.45) is 5.92 Å². The lowest BCUT2D eigenvalue weighted by molar-refractivity contribution is -0.00411. The fourth-order valence-corrected chi connectivity index (χ4v) is 3.87. The first-order valence-corrected chi connectivity index (χ1v) is 9.09. The van der Waals surface area contributed by atoms with Gasteiger partial charge in [-0.25, -0.2) is 4.79 Å². The highest BCUT2D eigenvalue weighted by molar-refractivity contribution is 6.24. The summed E-state index contributed by atoms with van der Waals surface area (Å²) in [7, 11) is 0. The van der Waals surface area contributed by atoms with Gasteiger partial charge in [-0.15, -0.1) is 0 Å². The molecule has 1 saturated heterocycles. The Bertz CT molecular complexity index is 907. The van der Waals surface area contributed by atoms with E-state index in [4.69, 9.17) is 4.74 Å². The lowest BCUT2D eigenvalue weighted by Crippen LogP contribution is -2.53. The number of carbonyl (C=O) groups excluding carboxylic acids is 2. The minimum absolute atomic E-state index is 0.0323. The fraction of sp³-hybridized carbons (Fsp3) is 0.429. The number of nitrogens with zero attached hydrogens (tertiary/aromatic N) is 1. The van der Waals surface area contributed by atoms with E-state index in [-0.39, 0.29) is 12.0 Å². The third-order valence-corrected chi connectivity index (χ3v) is 5.33. The highest BCUT2D eigenvalue weighted by Gasteiger charge is 2.37. The molecule has 26 heavy (non-hydrogen) atoms. The van der Waals surface area contributed by atoms with Gasteiger partial charge in [0.1, 0.15) is 5.60 Å². The zero-order valence-electron chi connectivity index (χ0n) is 15.6. The second kappa shape index (κ2) is 5.73. The molecule has 0 aromatic heterocycles.